The molecule has 0 unspecified atom stereocenters. The Morgan fingerprint density at radius 3 is 0.667 bits per heavy atom. The average molecular weight is 401 g/mol. The molecule has 0 saturated carbocycles. The van der Waals surface area contributed by atoms with Gasteiger partial charge in [-0.15, -0.1) is 0 Å². The van der Waals surface area contributed by atoms with Gasteiger partial charge in [-0.05, 0) is 0 Å². The van der Waals surface area contributed by atoms with E-state index in [4.69, 9.17) is 38.5 Å². The SMILES string of the molecule is O=P(O)(O)O.O=P(O)(O)O.[BaH2].[Zn]. The summed E-state index contributed by atoms with van der Waals surface area (Å²) in [6, 6.07) is 0. The van der Waals surface area contributed by atoms with Gasteiger partial charge in [0.25, 0.3) is 0 Å². The van der Waals surface area contributed by atoms with Gasteiger partial charge < -0.3 is 29.4 Å². The molecule has 0 aliphatic rings. The second kappa shape index (κ2) is 9.95. The van der Waals surface area contributed by atoms with Crippen LogP contribution in [0.4, 0.5) is 0 Å². The Kier molecular flexibility index (Phi) is 19.8. The van der Waals surface area contributed by atoms with E-state index in [0.717, 1.165) is 0 Å². The van der Waals surface area contributed by atoms with Crippen molar-refractivity contribution in [1.29, 1.82) is 0 Å². The maximum absolute atomic E-state index is 8.88. The molecule has 12 heteroatoms. The van der Waals surface area contributed by atoms with Gasteiger partial charge in [-0.2, -0.15) is 0 Å². The molecule has 12 heavy (non-hydrogen) atoms. The van der Waals surface area contributed by atoms with E-state index in [2.05, 4.69) is 0 Å². The molecule has 0 bridgehead atoms. The molecule has 0 aliphatic carbocycles. The van der Waals surface area contributed by atoms with E-state index in [9.17, 15) is 0 Å². The van der Waals surface area contributed by atoms with Crippen LogP contribution in [0.2, 0.25) is 0 Å². The van der Waals surface area contributed by atoms with Gasteiger partial charge in [-0.25, -0.2) is 9.13 Å². The van der Waals surface area contributed by atoms with Crippen molar-refractivity contribution in [1.82, 2.24) is 0 Å². The van der Waals surface area contributed by atoms with Gasteiger partial charge in [0.2, 0.25) is 0 Å². The summed E-state index contributed by atoms with van der Waals surface area (Å²) < 4.78 is 17.8. The van der Waals surface area contributed by atoms with Crippen molar-refractivity contribution in [2.45, 2.75) is 0 Å². The van der Waals surface area contributed by atoms with Crippen molar-refractivity contribution in [3.05, 3.63) is 0 Å². The van der Waals surface area contributed by atoms with Crippen molar-refractivity contribution in [3.8, 4) is 0 Å². The number of rotatable bonds is 0. The van der Waals surface area contributed by atoms with Crippen LogP contribution in [0.3, 0.4) is 0 Å². The minimum atomic E-state index is -4.64. The minimum Gasteiger partial charge on any atom is 0 e. The van der Waals surface area contributed by atoms with Crippen LogP contribution < -0.4 is 0 Å². The minimum absolute atomic E-state index is 0. The average Bonchev–Trinajstić information content (AvgIpc) is 1.12. The van der Waals surface area contributed by atoms with Crippen LogP contribution in [0.15, 0.2) is 0 Å². The molecule has 0 aromatic rings. The molecule has 0 aromatic carbocycles. The maximum Gasteiger partial charge on any atom is 0 e. The predicted octanol–water partition coefficient (Wildman–Crippen LogP) is -2.78. The summed E-state index contributed by atoms with van der Waals surface area (Å²) in [5.41, 5.74) is 0. The van der Waals surface area contributed by atoms with Crippen LogP contribution in [-0.4, -0.2) is 78.2 Å². The molecule has 0 radical (unpaired) electrons. The van der Waals surface area contributed by atoms with Crippen molar-refractivity contribution in [2.75, 3.05) is 0 Å². The van der Waals surface area contributed by atoms with E-state index >= 15 is 0 Å². The van der Waals surface area contributed by atoms with E-state index in [1.165, 1.54) is 0 Å². The standard InChI is InChI=1S/Ba.2H3O4P.Zn.2H/c;2*1-5(2,3)4;;;/h;2*(H3,1,2,3,4);;;. The number of phosphoric acid groups is 2. The van der Waals surface area contributed by atoms with Crippen LogP contribution in [0.1, 0.15) is 0 Å². The predicted molar refractivity (Wildman–Crippen MR) is 37.1 cm³/mol. The first-order valence-electron chi connectivity index (χ1n) is 1.57. The number of hydrogen-bond donors (Lipinski definition) is 6. The molecule has 70 valence electrons. The van der Waals surface area contributed by atoms with Crippen molar-refractivity contribution in [2.24, 2.45) is 0 Å². The van der Waals surface area contributed by atoms with Gasteiger partial charge >= 0.3 is 64.5 Å². The van der Waals surface area contributed by atoms with E-state index < -0.39 is 15.6 Å². The second-order valence-corrected chi connectivity index (χ2v) is 3.08. The first-order chi connectivity index (χ1) is 4.00. The zero-order valence-corrected chi connectivity index (χ0v) is 9.86. The molecule has 0 saturated heterocycles. The Hall–Kier alpha value is 2.41. The van der Waals surface area contributed by atoms with Crippen LogP contribution in [0.25, 0.3) is 0 Å². The summed E-state index contributed by atoms with van der Waals surface area (Å²) >= 11 is 0. The summed E-state index contributed by atoms with van der Waals surface area (Å²) in [5.74, 6) is 0. The largest absolute Gasteiger partial charge is 0 e. The topological polar surface area (TPSA) is 156 Å². The molecule has 0 atom stereocenters. The van der Waals surface area contributed by atoms with Gasteiger partial charge in [0.1, 0.15) is 0 Å². The third kappa shape index (κ3) is 277. The van der Waals surface area contributed by atoms with E-state index in [-0.39, 0.29) is 68.4 Å². The molecule has 0 fully saturated rings. The molecule has 0 aromatic heterocycles. The Morgan fingerprint density at radius 2 is 0.667 bits per heavy atom. The van der Waals surface area contributed by atoms with E-state index in [1.807, 2.05) is 0 Å². The van der Waals surface area contributed by atoms with Crippen LogP contribution in [-0.2, 0) is 28.6 Å². The van der Waals surface area contributed by atoms with Gasteiger partial charge in [0.15, 0.2) is 0 Å². The quantitative estimate of drug-likeness (QED) is 0.188. The fraction of sp³-hybridized carbons (Fsp3) is 0. The maximum atomic E-state index is 8.88. The number of hydrogen-bond acceptors (Lipinski definition) is 2. The second-order valence-electron chi connectivity index (χ2n) is 1.03. The Bertz CT molecular complexity index is 129. The summed E-state index contributed by atoms with van der Waals surface area (Å²) in [4.78, 5) is 43.1. The Labute approximate surface area is 121 Å². The fourth-order valence-corrected chi connectivity index (χ4v) is 0. The van der Waals surface area contributed by atoms with Crippen molar-refractivity contribution < 1.29 is 58.0 Å². The summed E-state index contributed by atoms with van der Waals surface area (Å²) in [5, 5.41) is 0. The molecule has 0 rings (SSSR count). The molecule has 8 nitrogen and oxygen atoms in total. The Balaban J connectivity index is -0.0000000457. The Morgan fingerprint density at radius 1 is 0.667 bits per heavy atom. The van der Waals surface area contributed by atoms with Crippen LogP contribution >= 0.6 is 15.6 Å². The van der Waals surface area contributed by atoms with Gasteiger partial charge in [0, 0.05) is 19.5 Å². The summed E-state index contributed by atoms with van der Waals surface area (Å²) in [7, 11) is -9.28. The molecular formula is H8BaO8P2Zn. The first kappa shape index (κ1) is 23.9. The summed E-state index contributed by atoms with van der Waals surface area (Å²) in [6.45, 7) is 0. The van der Waals surface area contributed by atoms with Crippen LogP contribution in [0.5, 0.6) is 0 Å². The van der Waals surface area contributed by atoms with Gasteiger partial charge in [-0.3, -0.25) is 0 Å². The third-order valence-corrected chi connectivity index (χ3v) is 0. The molecule has 6 N–H and O–H groups in total. The van der Waals surface area contributed by atoms with Gasteiger partial charge in [0.05, 0.1) is 0 Å². The van der Waals surface area contributed by atoms with Crippen LogP contribution in [0, 0.1) is 0 Å². The monoisotopic (exact) mass is 400 g/mol. The first-order valence-corrected chi connectivity index (χ1v) is 4.70. The zero-order chi connectivity index (χ0) is 9.00. The smallest absolute Gasteiger partial charge is 0 e. The van der Waals surface area contributed by atoms with E-state index in [0.29, 0.717) is 0 Å². The molecule has 0 amide bonds. The molecular weight excluding hydrogens is 393 g/mol. The van der Waals surface area contributed by atoms with Gasteiger partial charge in [-0.1, -0.05) is 0 Å². The molecule has 0 heterocycles. The fourth-order valence-electron chi connectivity index (χ4n) is 0. The van der Waals surface area contributed by atoms with E-state index in [1.54, 1.807) is 0 Å². The molecule has 0 aliphatic heterocycles. The zero-order valence-electron chi connectivity index (χ0n) is 5.10. The van der Waals surface area contributed by atoms with Crippen molar-refractivity contribution >= 4 is 64.5 Å². The normalized spacial score (nSPS) is 9.83. The molecule has 0 spiro atoms. The van der Waals surface area contributed by atoms with Crippen molar-refractivity contribution in [3.63, 3.8) is 0 Å². The third-order valence-electron chi connectivity index (χ3n) is 0. The summed E-state index contributed by atoms with van der Waals surface area (Å²) in [6.07, 6.45) is 0.